The standard InChI is InChI=1S/C15H24N2O.BrH/c1-2-3-4-5-6-7-8-11-17-12-9-14(10-13-17)15(16)18;/h9-10,12-13H,2-8,11H2,1H3,(H-,16,18);1H/p+1. The molecule has 0 atom stereocenters. The summed E-state index contributed by atoms with van der Waals surface area (Å²) in [5.41, 5.74) is 5.77. The van der Waals surface area contributed by atoms with Gasteiger partial charge in [-0.05, 0) is 6.42 Å². The third-order valence-corrected chi connectivity index (χ3v) is 3.20. The van der Waals surface area contributed by atoms with Crippen molar-refractivity contribution in [3.63, 3.8) is 0 Å². The van der Waals surface area contributed by atoms with Crippen molar-refractivity contribution in [2.75, 3.05) is 0 Å². The van der Waals surface area contributed by atoms with Gasteiger partial charge in [0, 0.05) is 18.6 Å². The molecule has 0 spiro atoms. The number of aryl methyl sites for hydroxylation is 1. The Labute approximate surface area is 127 Å². The maximum Gasteiger partial charge on any atom is 0.249 e. The van der Waals surface area contributed by atoms with Crippen LogP contribution in [0.4, 0.5) is 0 Å². The van der Waals surface area contributed by atoms with Crippen LogP contribution in [0.15, 0.2) is 24.5 Å². The summed E-state index contributed by atoms with van der Waals surface area (Å²) in [4.78, 5) is 10.9. The van der Waals surface area contributed by atoms with E-state index in [-0.39, 0.29) is 22.9 Å². The summed E-state index contributed by atoms with van der Waals surface area (Å²) in [6.07, 6.45) is 13.1. The van der Waals surface area contributed by atoms with Crippen molar-refractivity contribution in [3.05, 3.63) is 30.1 Å². The molecule has 1 aromatic rings. The van der Waals surface area contributed by atoms with Crippen molar-refractivity contribution in [1.29, 1.82) is 0 Å². The maximum absolute atomic E-state index is 10.9. The highest BCUT2D eigenvalue weighted by Gasteiger charge is 2.04. The third kappa shape index (κ3) is 7.98. The lowest BCUT2D eigenvalue weighted by Crippen LogP contribution is -2.33. The van der Waals surface area contributed by atoms with Crippen molar-refractivity contribution >= 4 is 22.9 Å². The Balaban J connectivity index is 0.00000324. The van der Waals surface area contributed by atoms with Crippen molar-refractivity contribution in [2.24, 2.45) is 5.73 Å². The van der Waals surface area contributed by atoms with Gasteiger partial charge in [-0.2, -0.15) is 0 Å². The van der Waals surface area contributed by atoms with Gasteiger partial charge in [-0.3, -0.25) is 4.79 Å². The van der Waals surface area contributed by atoms with Gasteiger partial charge >= 0.3 is 0 Å². The van der Waals surface area contributed by atoms with Gasteiger partial charge in [-0.15, -0.1) is 17.0 Å². The maximum atomic E-state index is 10.9. The summed E-state index contributed by atoms with van der Waals surface area (Å²) < 4.78 is 2.11. The zero-order valence-electron chi connectivity index (χ0n) is 11.8. The Hall–Kier alpha value is -0.900. The van der Waals surface area contributed by atoms with Gasteiger partial charge in [0.15, 0.2) is 12.4 Å². The van der Waals surface area contributed by atoms with Crippen LogP contribution in [0.5, 0.6) is 0 Å². The molecule has 1 rings (SSSR count). The minimum absolute atomic E-state index is 0. The molecule has 0 radical (unpaired) electrons. The second kappa shape index (κ2) is 11.0. The number of carbonyl (C=O) groups excluding carboxylic acids is 1. The van der Waals surface area contributed by atoms with Gasteiger partial charge in [0.25, 0.3) is 0 Å². The highest BCUT2D eigenvalue weighted by atomic mass is 79.9. The van der Waals surface area contributed by atoms with E-state index >= 15 is 0 Å². The fourth-order valence-electron chi connectivity index (χ4n) is 2.02. The van der Waals surface area contributed by atoms with E-state index in [4.69, 9.17) is 5.73 Å². The van der Waals surface area contributed by atoms with Gasteiger partial charge in [0.05, 0.1) is 5.56 Å². The van der Waals surface area contributed by atoms with Gasteiger partial charge in [0.2, 0.25) is 5.91 Å². The summed E-state index contributed by atoms with van der Waals surface area (Å²) in [6.45, 7) is 3.26. The fourth-order valence-corrected chi connectivity index (χ4v) is 2.02. The largest absolute Gasteiger partial charge is 0.366 e. The molecule has 19 heavy (non-hydrogen) atoms. The van der Waals surface area contributed by atoms with Gasteiger partial charge in [-0.1, -0.05) is 39.0 Å². The Bertz CT molecular complexity index is 352. The lowest BCUT2D eigenvalue weighted by Gasteiger charge is -2.00. The average Bonchev–Trinajstić information content (AvgIpc) is 2.38. The molecule has 0 saturated carbocycles. The van der Waals surface area contributed by atoms with Crippen molar-refractivity contribution in [1.82, 2.24) is 0 Å². The van der Waals surface area contributed by atoms with Crippen LogP contribution in [0.1, 0.15) is 62.2 Å². The quantitative estimate of drug-likeness (QED) is 0.547. The van der Waals surface area contributed by atoms with E-state index < -0.39 is 0 Å². The predicted octanol–water partition coefficient (Wildman–Crippen LogP) is 3.40. The first-order valence-corrected chi connectivity index (χ1v) is 7.03. The molecule has 3 nitrogen and oxygen atoms in total. The molecule has 0 aliphatic rings. The van der Waals surface area contributed by atoms with E-state index in [0.29, 0.717) is 5.56 Å². The minimum Gasteiger partial charge on any atom is -0.366 e. The monoisotopic (exact) mass is 329 g/mol. The van der Waals surface area contributed by atoms with Crippen LogP contribution in [-0.4, -0.2) is 5.91 Å². The van der Waals surface area contributed by atoms with Crippen LogP contribution in [0.2, 0.25) is 0 Å². The molecule has 1 amide bonds. The van der Waals surface area contributed by atoms with E-state index in [1.807, 2.05) is 12.4 Å². The van der Waals surface area contributed by atoms with Crippen LogP contribution in [-0.2, 0) is 6.54 Å². The number of hydrogen-bond donors (Lipinski definition) is 1. The van der Waals surface area contributed by atoms with Crippen LogP contribution in [0, 0.1) is 0 Å². The zero-order chi connectivity index (χ0) is 13.2. The summed E-state index contributed by atoms with van der Waals surface area (Å²) in [5, 5.41) is 0. The SMILES string of the molecule is Br.CCCCCCCCC[n+]1ccc(C(N)=O)cc1. The molecule has 4 heteroatoms. The first-order valence-electron chi connectivity index (χ1n) is 7.03. The van der Waals surface area contributed by atoms with Crippen molar-refractivity contribution in [3.8, 4) is 0 Å². The first kappa shape index (κ1) is 18.1. The number of hydrogen-bond acceptors (Lipinski definition) is 1. The molecule has 108 valence electrons. The molecular formula is C15H26BrN2O+. The highest BCUT2D eigenvalue weighted by Crippen LogP contribution is 2.06. The predicted molar refractivity (Wildman–Crippen MR) is 83.5 cm³/mol. The van der Waals surface area contributed by atoms with Crippen LogP contribution in [0.25, 0.3) is 0 Å². The van der Waals surface area contributed by atoms with Crippen molar-refractivity contribution < 1.29 is 9.36 Å². The number of carbonyl (C=O) groups is 1. The second-order valence-electron chi connectivity index (χ2n) is 4.81. The van der Waals surface area contributed by atoms with Gasteiger partial charge < -0.3 is 5.73 Å². The van der Waals surface area contributed by atoms with Gasteiger partial charge in [0.1, 0.15) is 6.54 Å². The molecule has 0 aliphatic heterocycles. The molecule has 0 aliphatic carbocycles. The zero-order valence-corrected chi connectivity index (χ0v) is 13.5. The molecule has 0 unspecified atom stereocenters. The van der Waals surface area contributed by atoms with E-state index in [2.05, 4.69) is 11.5 Å². The van der Waals surface area contributed by atoms with Crippen molar-refractivity contribution in [2.45, 2.75) is 58.4 Å². The number of rotatable bonds is 9. The lowest BCUT2D eigenvalue weighted by atomic mass is 10.1. The second-order valence-corrected chi connectivity index (χ2v) is 4.81. The van der Waals surface area contributed by atoms with E-state index in [1.165, 1.54) is 44.9 Å². The summed E-state index contributed by atoms with van der Waals surface area (Å²) >= 11 is 0. The summed E-state index contributed by atoms with van der Waals surface area (Å²) in [6, 6.07) is 3.56. The van der Waals surface area contributed by atoms with E-state index in [0.717, 1.165) is 6.54 Å². The normalized spacial score (nSPS) is 9.95. The third-order valence-electron chi connectivity index (χ3n) is 3.20. The van der Waals surface area contributed by atoms with Crippen LogP contribution < -0.4 is 10.3 Å². The summed E-state index contributed by atoms with van der Waals surface area (Å²) in [5.74, 6) is -0.363. The fraction of sp³-hybridized carbons (Fsp3) is 0.600. The molecule has 0 aromatic carbocycles. The number of nitrogens with two attached hydrogens (primary N) is 1. The van der Waals surface area contributed by atoms with Gasteiger partial charge in [-0.25, -0.2) is 4.57 Å². The molecule has 2 N–H and O–H groups in total. The number of primary amides is 1. The molecule has 1 aromatic heterocycles. The number of halogens is 1. The minimum atomic E-state index is -0.363. The van der Waals surface area contributed by atoms with Crippen LogP contribution >= 0.6 is 17.0 Å². The molecule has 0 bridgehead atoms. The average molecular weight is 330 g/mol. The first-order chi connectivity index (χ1) is 8.74. The van der Waals surface area contributed by atoms with E-state index in [1.54, 1.807) is 12.1 Å². The summed E-state index contributed by atoms with van der Waals surface area (Å²) in [7, 11) is 0. The number of amides is 1. The Morgan fingerprint density at radius 3 is 2.11 bits per heavy atom. The highest BCUT2D eigenvalue weighted by molar-refractivity contribution is 8.93. The number of nitrogens with zero attached hydrogens (tertiary/aromatic N) is 1. The van der Waals surface area contributed by atoms with E-state index in [9.17, 15) is 4.79 Å². The number of aromatic nitrogens is 1. The molecular weight excluding hydrogens is 304 g/mol. The Kier molecular flexibility index (Phi) is 10.5. The molecule has 0 fully saturated rings. The number of pyridine rings is 1. The van der Waals surface area contributed by atoms with Crippen LogP contribution in [0.3, 0.4) is 0 Å². The molecule has 0 saturated heterocycles. The smallest absolute Gasteiger partial charge is 0.249 e. The molecule has 1 heterocycles. The Morgan fingerprint density at radius 2 is 1.58 bits per heavy atom. The Morgan fingerprint density at radius 1 is 1.05 bits per heavy atom. The lowest BCUT2D eigenvalue weighted by molar-refractivity contribution is -0.697. The topological polar surface area (TPSA) is 47.0 Å². The number of unbranched alkanes of at least 4 members (excludes halogenated alkanes) is 6.